The molecule has 0 amide bonds. The molecule has 2 aliphatic rings. The summed E-state index contributed by atoms with van der Waals surface area (Å²) in [7, 11) is 0. The van der Waals surface area contributed by atoms with Gasteiger partial charge >= 0.3 is 0 Å². The molecule has 3 rings (SSSR count). The lowest BCUT2D eigenvalue weighted by atomic mass is 9.78. The first-order chi connectivity index (χ1) is 10.2. The highest BCUT2D eigenvalue weighted by Crippen LogP contribution is 2.45. The van der Waals surface area contributed by atoms with E-state index < -0.39 is 11.6 Å². The van der Waals surface area contributed by atoms with E-state index in [1.807, 2.05) is 0 Å². The summed E-state index contributed by atoms with van der Waals surface area (Å²) in [6.45, 7) is 0.815. The number of aliphatic hydroxyl groups is 1. The van der Waals surface area contributed by atoms with Crippen molar-refractivity contribution < 1.29 is 18.6 Å². The average Bonchev–Trinajstić information content (AvgIpc) is 2.48. The van der Waals surface area contributed by atoms with Crippen molar-refractivity contribution in [3.05, 3.63) is 29.3 Å². The minimum Gasteiger partial charge on any atom is -0.396 e. The molecule has 1 saturated heterocycles. The monoisotopic (exact) mass is 297 g/mol. The first-order valence-electron chi connectivity index (χ1n) is 7.68. The van der Waals surface area contributed by atoms with E-state index in [2.05, 4.69) is 5.32 Å². The number of rotatable bonds is 4. The molecule has 0 saturated carbocycles. The molecule has 2 N–H and O–H groups in total. The first kappa shape index (κ1) is 14.7. The van der Waals surface area contributed by atoms with E-state index in [-0.39, 0.29) is 24.7 Å². The zero-order chi connectivity index (χ0) is 14.8. The van der Waals surface area contributed by atoms with Crippen molar-refractivity contribution in [2.75, 3.05) is 18.5 Å². The number of aliphatic hydroxyl groups excluding tert-OH is 1. The summed E-state index contributed by atoms with van der Waals surface area (Å²) >= 11 is 0. The molecule has 0 aromatic heterocycles. The third kappa shape index (κ3) is 2.90. The van der Waals surface area contributed by atoms with E-state index in [0.29, 0.717) is 17.9 Å². The Kier molecular flexibility index (Phi) is 4.40. The van der Waals surface area contributed by atoms with Crippen LogP contribution in [0.1, 0.15) is 43.8 Å². The van der Waals surface area contributed by atoms with Gasteiger partial charge in [0.25, 0.3) is 0 Å². The lowest BCUT2D eigenvalue weighted by Gasteiger charge is -2.43. The minimum absolute atomic E-state index is 0.120. The Hall–Kier alpha value is -1.20. The van der Waals surface area contributed by atoms with E-state index >= 15 is 0 Å². The molecule has 1 aromatic carbocycles. The Balaban J connectivity index is 1.89. The lowest BCUT2D eigenvalue weighted by molar-refractivity contribution is -0.0391. The maximum atomic E-state index is 14.1. The number of hydrogen-bond acceptors (Lipinski definition) is 3. The summed E-state index contributed by atoms with van der Waals surface area (Å²) in [6.07, 6.45) is 4.25. The Morgan fingerprint density at radius 1 is 1.29 bits per heavy atom. The summed E-state index contributed by atoms with van der Waals surface area (Å²) < 4.78 is 33.4. The Morgan fingerprint density at radius 2 is 2.14 bits per heavy atom. The van der Waals surface area contributed by atoms with E-state index in [1.54, 1.807) is 0 Å². The van der Waals surface area contributed by atoms with Gasteiger partial charge in [0, 0.05) is 36.8 Å². The van der Waals surface area contributed by atoms with Crippen LogP contribution in [-0.2, 0) is 4.74 Å². The van der Waals surface area contributed by atoms with Crippen molar-refractivity contribution in [1.29, 1.82) is 0 Å². The standard InChI is InChI=1S/C16H21F2NO2/c17-10-8-12-15(13(18)9-10)19-14(5-1-2-6-20)11-4-3-7-21-16(11)12/h8-9,11,14,16,19-20H,1-7H2/t11-,14-,16-/m0/s1. The molecule has 3 atom stereocenters. The molecule has 2 aliphatic heterocycles. The van der Waals surface area contributed by atoms with Crippen molar-refractivity contribution in [2.45, 2.75) is 44.2 Å². The molecule has 0 radical (unpaired) electrons. The number of benzene rings is 1. The van der Waals surface area contributed by atoms with E-state index in [4.69, 9.17) is 9.84 Å². The molecule has 3 nitrogen and oxygen atoms in total. The number of fused-ring (bicyclic) bond motifs is 3. The molecule has 0 spiro atoms. The molecule has 1 fully saturated rings. The second kappa shape index (κ2) is 6.28. The van der Waals surface area contributed by atoms with E-state index in [1.165, 1.54) is 6.07 Å². The van der Waals surface area contributed by atoms with Crippen LogP contribution >= 0.6 is 0 Å². The van der Waals surface area contributed by atoms with Crippen LogP contribution in [0.15, 0.2) is 12.1 Å². The predicted molar refractivity (Wildman–Crippen MR) is 76.1 cm³/mol. The van der Waals surface area contributed by atoms with Gasteiger partial charge in [-0.25, -0.2) is 8.78 Å². The maximum absolute atomic E-state index is 14.1. The summed E-state index contributed by atoms with van der Waals surface area (Å²) in [6, 6.07) is 2.42. The Labute approximate surface area is 123 Å². The molecule has 21 heavy (non-hydrogen) atoms. The van der Waals surface area contributed by atoms with Gasteiger partial charge < -0.3 is 15.2 Å². The van der Waals surface area contributed by atoms with Gasteiger partial charge in [0.1, 0.15) is 11.6 Å². The van der Waals surface area contributed by atoms with Gasteiger partial charge in [-0.1, -0.05) is 0 Å². The topological polar surface area (TPSA) is 41.5 Å². The van der Waals surface area contributed by atoms with Crippen molar-refractivity contribution in [1.82, 2.24) is 0 Å². The number of nitrogens with one attached hydrogen (secondary N) is 1. The van der Waals surface area contributed by atoms with Crippen molar-refractivity contribution in [3.8, 4) is 0 Å². The normalized spacial score (nSPS) is 27.7. The van der Waals surface area contributed by atoms with Gasteiger partial charge in [0.15, 0.2) is 0 Å². The fourth-order valence-corrected chi connectivity index (χ4v) is 3.56. The fraction of sp³-hybridized carbons (Fsp3) is 0.625. The predicted octanol–water partition coefficient (Wildman–Crippen LogP) is 3.39. The third-order valence-electron chi connectivity index (χ3n) is 4.53. The molecule has 1 aromatic rings. The van der Waals surface area contributed by atoms with Crippen LogP contribution in [0.3, 0.4) is 0 Å². The second-order valence-corrected chi connectivity index (χ2v) is 5.92. The van der Waals surface area contributed by atoms with Crippen LogP contribution in [0.5, 0.6) is 0 Å². The number of hydrogen-bond donors (Lipinski definition) is 2. The van der Waals surface area contributed by atoms with Crippen LogP contribution in [0.2, 0.25) is 0 Å². The van der Waals surface area contributed by atoms with Gasteiger partial charge in [0.05, 0.1) is 11.8 Å². The van der Waals surface area contributed by atoms with Crippen LogP contribution < -0.4 is 5.32 Å². The summed E-state index contributed by atoms with van der Waals surface area (Å²) in [5.41, 5.74) is 0.990. The van der Waals surface area contributed by atoms with Crippen molar-refractivity contribution >= 4 is 5.69 Å². The van der Waals surface area contributed by atoms with Crippen LogP contribution in [0.25, 0.3) is 0 Å². The highest BCUT2D eigenvalue weighted by Gasteiger charge is 2.40. The lowest BCUT2D eigenvalue weighted by Crippen LogP contribution is -2.41. The summed E-state index contributed by atoms with van der Waals surface area (Å²) in [5.74, 6) is -0.865. The largest absolute Gasteiger partial charge is 0.396 e. The fourth-order valence-electron chi connectivity index (χ4n) is 3.56. The summed E-state index contributed by atoms with van der Waals surface area (Å²) in [5, 5.41) is 12.2. The number of unbranched alkanes of at least 4 members (excludes halogenated alkanes) is 1. The Morgan fingerprint density at radius 3 is 2.95 bits per heavy atom. The number of ether oxygens (including phenoxy) is 1. The molecule has 0 aliphatic carbocycles. The van der Waals surface area contributed by atoms with Gasteiger partial charge in [-0.15, -0.1) is 0 Å². The zero-order valence-electron chi connectivity index (χ0n) is 11.9. The van der Waals surface area contributed by atoms with Crippen LogP contribution in [0, 0.1) is 17.6 Å². The highest BCUT2D eigenvalue weighted by atomic mass is 19.1. The Bertz CT molecular complexity index is 509. The SMILES string of the molecule is OCCCC[C@@H]1Nc2c(F)cc(F)cc2[C@H]2OCCC[C@@H]12. The molecular weight excluding hydrogens is 276 g/mol. The summed E-state index contributed by atoms with van der Waals surface area (Å²) in [4.78, 5) is 0. The number of halogens is 2. The van der Waals surface area contributed by atoms with Crippen molar-refractivity contribution in [3.63, 3.8) is 0 Å². The van der Waals surface area contributed by atoms with E-state index in [0.717, 1.165) is 38.2 Å². The molecule has 2 heterocycles. The quantitative estimate of drug-likeness (QED) is 0.837. The van der Waals surface area contributed by atoms with Gasteiger partial charge in [-0.05, 0) is 38.2 Å². The van der Waals surface area contributed by atoms with Gasteiger partial charge in [-0.3, -0.25) is 0 Å². The van der Waals surface area contributed by atoms with Gasteiger partial charge in [0.2, 0.25) is 0 Å². The third-order valence-corrected chi connectivity index (χ3v) is 4.53. The molecule has 116 valence electrons. The molecule has 5 heteroatoms. The average molecular weight is 297 g/mol. The van der Waals surface area contributed by atoms with Crippen LogP contribution in [-0.4, -0.2) is 24.4 Å². The van der Waals surface area contributed by atoms with Crippen LogP contribution in [0.4, 0.5) is 14.5 Å². The molecular formula is C16H21F2NO2. The van der Waals surface area contributed by atoms with E-state index in [9.17, 15) is 8.78 Å². The smallest absolute Gasteiger partial charge is 0.149 e. The zero-order valence-corrected chi connectivity index (χ0v) is 11.9. The molecule has 0 unspecified atom stereocenters. The molecule has 0 bridgehead atoms. The highest BCUT2D eigenvalue weighted by molar-refractivity contribution is 5.57. The van der Waals surface area contributed by atoms with Gasteiger partial charge in [-0.2, -0.15) is 0 Å². The minimum atomic E-state index is -0.556. The first-order valence-corrected chi connectivity index (χ1v) is 7.68. The number of anilines is 1. The van der Waals surface area contributed by atoms with Crippen molar-refractivity contribution in [2.24, 2.45) is 5.92 Å². The second-order valence-electron chi connectivity index (χ2n) is 5.92. The maximum Gasteiger partial charge on any atom is 0.149 e.